The number of hydrogen-bond donors (Lipinski definition) is 1. The molecule has 2 aromatic rings. The minimum Gasteiger partial charge on any atom is -0.330 e. The zero-order chi connectivity index (χ0) is 17.8. The normalized spacial score (nSPS) is 15.7. The first-order valence-corrected chi connectivity index (χ1v) is 10.5. The topological polar surface area (TPSA) is 33.1 Å². The molecule has 0 aliphatic heterocycles. The van der Waals surface area contributed by atoms with E-state index in [-0.39, 0.29) is 0 Å². The standard InChI is InChI=1S/C19H28N4S2/c1-4-22(16-10-6-5-7-11-16)13-23-19(24)25-18(21-23)20-17-12-8-9-14(2)15(17)3/h8-9,12,16H,4-7,10-11,13H2,1-3H3,(H,20,21). The predicted molar refractivity (Wildman–Crippen MR) is 109 cm³/mol. The smallest absolute Gasteiger partial charge is 0.209 e. The summed E-state index contributed by atoms with van der Waals surface area (Å²) < 4.78 is 2.81. The van der Waals surface area contributed by atoms with Crippen molar-refractivity contribution in [3.63, 3.8) is 0 Å². The Morgan fingerprint density at radius 1 is 1.28 bits per heavy atom. The van der Waals surface area contributed by atoms with Gasteiger partial charge in [-0.15, -0.1) is 5.10 Å². The maximum Gasteiger partial charge on any atom is 0.209 e. The Balaban J connectivity index is 1.73. The van der Waals surface area contributed by atoms with Crippen LogP contribution in [-0.2, 0) is 6.67 Å². The highest BCUT2D eigenvalue weighted by atomic mass is 32.1. The minimum absolute atomic E-state index is 0.678. The van der Waals surface area contributed by atoms with Crippen molar-refractivity contribution in [3.8, 4) is 0 Å². The molecule has 1 aromatic heterocycles. The molecule has 25 heavy (non-hydrogen) atoms. The molecule has 1 heterocycles. The Hall–Kier alpha value is -1.24. The van der Waals surface area contributed by atoms with Crippen molar-refractivity contribution >= 4 is 34.4 Å². The van der Waals surface area contributed by atoms with Gasteiger partial charge in [0.1, 0.15) is 0 Å². The highest BCUT2D eigenvalue weighted by Gasteiger charge is 2.20. The maximum absolute atomic E-state index is 5.57. The summed E-state index contributed by atoms with van der Waals surface area (Å²) in [6.07, 6.45) is 6.69. The molecule has 136 valence electrons. The molecule has 1 aliphatic carbocycles. The monoisotopic (exact) mass is 376 g/mol. The molecule has 0 amide bonds. The number of anilines is 2. The van der Waals surface area contributed by atoms with Crippen LogP contribution in [-0.4, -0.2) is 27.3 Å². The highest BCUT2D eigenvalue weighted by Crippen LogP contribution is 2.26. The molecule has 0 radical (unpaired) electrons. The maximum atomic E-state index is 5.57. The third-order valence-corrected chi connectivity index (χ3v) is 6.49. The van der Waals surface area contributed by atoms with Crippen LogP contribution in [0.15, 0.2) is 18.2 Å². The SMILES string of the molecule is CCN(Cn1nc(Nc2cccc(C)c2C)sc1=S)C1CCCCC1. The molecule has 6 heteroatoms. The van der Waals surface area contributed by atoms with Crippen LogP contribution in [0.25, 0.3) is 0 Å². The number of nitrogens with one attached hydrogen (secondary N) is 1. The first-order chi connectivity index (χ1) is 12.1. The van der Waals surface area contributed by atoms with Gasteiger partial charge < -0.3 is 5.32 Å². The summed E-state index contributed by atoms with van der Waals surface area (Å²) in [6, 6.07) is 6.97. The lowest BCUT2D eigenvalue weighted by atomic mass is 9.94. The fourth-order valence-electron chi connectivity index (χ4n) is 3.54. The van der Waals surface area contributed by atoms with E-state index in [0.717, 1.165) is 28.0 Å². The number of benzene rings is 1. The van der Waals surface area contributed by atoms with Gasteiger partial charge in [0.2, 0.25) is 5.13 Å². The Bertz CT molecular complexity index is 759. The molecule has 3 rings (SSSR count). The lowest BCUT2D eigenvalue weighted by Gasteiger charge is -2.33. The van der Waals surface area contributed by atoms with E-state index in [2.05, 4.69) is 49.2 Å². The third kappa shape index (κ3) is 4.49. The Kier molecular flexibility index (Phi) is 6.25. The zero-order valence-corrected chi connectivity index (χ0v) is 17.1. The molecule has 0 saturated heterocycles. The van der Waals surface area contributed by atoms with Crippen molar-refractivity contribution in [2.75, 3.05) is 11.9 Å². The molecule has 0 atom stereocenters. The van der Waals surface area contributed by atoms with E-state index in [1.165, 1.54) is 43.2 Å². The van der Waals surface area contributed by atoms with Crippen LogP contribution in [0, 0.1) is 17.8 Å². The van der Waals surface area contributed by atoms with Crippen molar-refractivity contribution in [2.24, 2.45) is 0 Å². The van der Waals surface area contributed by atoms with Crippen molar-refractivity contribution in [3.05, 3.63) is 33.3 Å². The molecular formula is C19H28N4S2. The summed E-state index contributed by atoms with van der Waals surface area (Å²) in [7, 11) is 0. The van der Waals surface area contributed by atoms with E-state index in [1.54, 1.807) is 11.3 Å². The lowest BCUT2D eigenvalue weighted by molar-refractivity contribution is 0.119. The summed E-state index contributed by atoms with van der Waals surface area (Å²) >= 11 is 7.12. The van der Waals surface area contributed by atoms with E-state index >= 15 is 0 Å². The van der Waals surface area contributed by atoms with Gasteiger partial charge in [-0.25, -0.2) is 4.68 Å². The van der Waals surface area contributed by atoms with E-state index in [1.807, 2.05) is 4.68 Å². The molecule has 0 bridgehead atoms. The minimum atomic E-state index is 0.678. The Morgan fingerprint density at radius 2 is 2.04 bits per heavy atom. The lowest BCUT2D eigenvalue weighted by Crippen LogP contribution is -2.38. The molecule has 1 saturated carbocycles. The van der Waals surface area contributed by atoms with Gasteiger partial charge in [0.05, 0.1) is 6.67 Å². The van der Waals surface area contributed by atoms with Gasteiger partial charge in [-0.2, -0.15) is 0 Å². The average Bonchev–Trinajstić information content (AvgIpc) is 2.97. The summed E-state index contributed by atoms with van der Waals surface area (Å²) in [5.74, 6) is 0. The quantitative estimate of drug-likeness (QED) is 0.661. The van der Waals surface area contributed by atoms with Gasteiger partial charge in [0.25, 0.3) is 0 Å². The summed E-state index contributed by atoms with van der Waals surface area (Å²) in [4.78, 5) is 2.52. The van der Waals surface area contributed by atoms with E-state index in [0.29, 0.717) is 6.04 Å². The van der Waals surface area contributed by atoms with Gasteiger partial charge in [0.15, 0.2) is 3.95 Å². The molecule has 1 aromatic carbocycles. The second-order valence-corrected chi connectivity index (χ2v) is 8.51. The van der Waals surface area contributed by atoms with Crippen LogP contribution < -0.4 is 5.32 Å². The number of hydrogen-bond acceptors (Lipinski definition) is 5. The van der Waals surface area contributed by atoms with Crippen molar-refractivity contribution in [1.29, 1.82) is 0 Å². The molecule has 1 fully saturated rings. The van der Waals surface area contributed by atoms with Crippen LogP contribution >= 0.6 is 23.6 Å². The van der Waals surface area contributed by atoms with Crippen molar-refractivity contribution in [2.45, 2.75) is 65.6 Å². The van der Waals surface area contributed by atoms with Crippen molar-refractivity contribution < 1.29 is 0 Å². The molecule has 1 aliphatic rings. The van der Waals surface area contributed by atoms with Gasteiger partial charge >= 0.3 is 0 Å². The van der Waals surface area contributed by atoms with Crippen molar-refractivity contribution in [1.82, 2.24) is 14.7 Å². The summed E-state index contributed by atoms with van der Waals surface area (Å²) in [5.41, 5.74) is 3.64. The third-order valence-electron chi connectivity index (χ3n) is 5.27. The Labute approximate surface area is 159 Å². The summed E-state index contributed by atoms with van der Waals surface area (Å²) in [6.45, 7) is 8.34. The largest absolute Gasteiger partial charge is 0.330 e. The van der Waals surface area contributed by atoms with E-state index in [9.17, 15) is 0 Å². The van der Waals surface area contributed by atoms with Crippen LogP contribution in [0.1, 0.15) is 50.2 Å². The first-order valence-electron chi connectivity index (χ1n) is 9.23. The predicted octanol–water partition coefficient (Wildman–Crippen LogP) is 5.65. The second kappa shape index (κ2) is 8.43. The van der Waals surface area contributed by atoms with Crippen LogP contribution in [0.4, 0.5) is 10.8 Å². The number of aryl methyl sites for hydroxylation is 1. The molecular weight excluding hydrogens is 348 g/mol. The molecule has 4 nitrogen and oxygen atoms in total. The molecule has 0 unspecified atom stereocenters. The number of aromatic nitrogens is 2. The van der Waals surface area contributed by atoms with Gasteiger partial charge in [-0.05, 0) is 62.6 Å². The van der Waals surface area contributed by atoms with Gasteiger partial charge in [-0.3, -0.25) is 4.90 Å². The fourth-order valence-corrected chi connectivity index (χ4v) is 4.54. The summed E-state index contributed by atoms with van der Waals surface area (Å²) in [5, 5.41) is 9.06. The fraction of sp³-hybridized carbons (Fsp3) is 0.579. The van der Waals surface area contributed by atoms with E-state index in [4.69, 9.17) is 17.3 Å². The highest BCUT2D eigenvalue weighted by molar-refractivity contribution is 7.73. The zero-order valence-electron chi connectivity index (χ0n) is 15.4. The number of rotatable bonds is 6. The Morgan fingerprint density at radius 3 is 2.76 bits per heavy atom. The van der Waals surface area contributed by atoms with E-state index < -0.39 is 0 Å². The van der Waals surface area contributed by atoms with Crippen LogP contribution in [0.2, 0.25) is 0 Å². The van der Waals surface area contributed by atoms with Gasteiger partial charge in [0, 0.05) is 11.7 Å². The molecule has 1 N–H and O–H groups in total. The molecule has 0 spiro atoms. The van der Waals surface area contributed by atoms with Crippen LogP contribution in [0.5, 0.6) is 0 Å². The second-order valence-electron chi connectivity index (χ2n) is 6.88. The van der Waals surface area contributed by atoms with Gasteiger partial charge in [-0.1, -0.05) is 49.7 Å². The number of nitrogens with zero attached hydrogens (tertiary/aromatic N) is 3. The average molecular weight is 377 g/mol. The first kappa shape index (κ1) is 18.5. The van der Waals surface area contributed by atoms with Crippen LogP contribution in [0.3, 0.4) is 0 Å².